The SMILES string of the molecule is CCCCOC(=O)c1ccc(NC(=O)c2c(O)c3cccc4c3n(c2=O)CC4)cc1. The smallest absolute Gasteiger partial charge is 0.338 e. The van der Waals surface area contributed by atoms with Gasteiger partial charge < -0.3 is 19.7 Å². The first-order chi connectivity index (χ1) is 14.5. The van der Waals surface area contributed by atoms with Crippen LogP contribution in [0, 0.1) is 0 Å². The molecule has 1 aromatic heterocycles. The number of pyridine rings is 1. The van der Waals surface area contributed by atoms with Crippen LogP contribution in [0.15, 0.2) is 47.3 Å². The molecule has 3 aromatic rings. The summed E-state index contributed by atoms with van der Waals surface area (Å²) in [5.74, 6) is -1.44. The van der Waals surface area contributed by atoms with E-state index in [0.29, 0.717) is 41.7 Å². The van der Waals surface area contributed by atoms with E-state index in [1.54, 1.807) is 36.4 Å². The highest BCUT2D eigenvalue weighted by Gasteiger charge is 2.26. The third-order valence-electron chi connectivity index (χ3n) is 5.28. The van der Waals surface area contributed by atoms with Gasteiger partial charge in [0.15, 0.2) is 0 Å². The molecule has 1 aliphatic heterocycles. The first-order valence-electron chi connectivity index (χ1n) is 9.97. The van der Waals surface area contributed by atoms with E-state index in [1.807, 2.05) is 13.0 Å². The average Bonchev–Trinajstić information content (AvgIpc) is 3.18. The van der Waals surface area contributed by atoms with Crippen molar-refractivity contribution in [3.05, 3.63) is 69.5 Å². The highest BCUT2D eigenvalue weighted by molar-refractivity contribution is 6.09. The Morgan fingerprint density at radius 2 is 1.93 bits per heavy atom. The van der Waals surface area contributed by atoms with Crippen LogP contribution in [-0.4, -0.2) is 28.2 Å². The fourth-order valence-electron chi connectivity index (χ4n) is 3.70. The van der Waals surface area contributed by atoms with Crippen molar-refractivity contribution in [2.24, 2.45) is 0 Å². The maximum Gasteiger partial charge on any atom is 0.338 e. The number of hydrogen-bond acceptors (Lipinski definition) is 5. The van der Waals surface area contributed by atoms with E-state index < -0.39 is 17.4 Å². The van der Waals surface area contributed by atoms with Gasteiger partial charge in [-0.2, -0.15) is 0 Å². The van der Waals surface area contributed by atoms with Crippen LogP contribution in [0.3, 0.4) is 0 Å². The number of nitrogens with zero attached hydrogens (tertiary/aromatic N) is 1. The van der Waals surface area contributed by atoms with E-state index >= 15 is 0 Å². The summed E-state index contributed by atoms with van der Waals surface area (Å²) in [6, 6.07) is 11.6. The lowest BCUT2D eigenvalue weighted by molar-refractivity contribution is 0.0499. The number of hydrogen-bond donors (Lipinski definition) is 2. The Labute approximate surface area is 172 Å². The highest BCUT2D eigenvalue weighted by atomic mass is 16.5. The number of amides is 1. The zero-order valence-corrected chi connectivity index (χ0v) is 16.6. The van der Waals surface area contributed by atoms with E-state index in [1.165, 1.54) is 4.57 Å². The summed E-state index contributed by atoms with van der Waals surface area (Å²) in [6.45, 7) is 2.85. The van der Waals surface area contributed by atoms with Gasteiger partial charge in [0.1, 0.15) is 11.3 Å². The fraction of sp³-hybridized carbons (Fsp3) is 0.261. The second kappa shape index (κ2) is 8.02. The standard InChI is InChI=1S/C23H22N2O5/c1-2-3-13-30-23(29)15-7-9-16(10-8-15)24-21(27)18-20(26)17-6-4-5-14-11-12-25(19(14)17)22(18)28/h4-10,26H,2-3,11-13H2,1H3,(H,24,27). The van der Waals surface area contributed by atoms with Gasteiger partial charge in [-0.3, -0.25) is 9.59 Å². The molecule has 0 atom stereocenters. The molecule has 1 aliphatic rings. The lowest BCUT2D eigenvalue weighted by atomic mass is 10.1. The Bertz CT molecular complexity index is 1190. The number of carbonyl (C=O) groups excluding carboxylic acids is 2. The van der Waals surface area contributed by atoms with Crippen LogP contribution in [-0.2, 0) is 17.7 Å². The van der Waals surface area contributed by atoms with Crippen molar-refractivity contribution in [2.75, 3.05) is 11.9 Å². The zero-order valence-electron chi connectivity index (χ0n) is 16.6. The van der Waals surface area contributed by atoms with Gasteiger partial charge in [-0.05, 0) is 48.7 Å². The van der Waals surface area contributed by atoms with E-state index in [4.69, 9.17) is 4.74 Å². The number of aryl methyl sites for hydroxylation is 2. The second-order valence-corrected chi connectivity index (χ2v) is 7.26. The molecular formula is C23H22N2O5. The third-order valence-corrected chi connectivity index (χ3v) is 5.28. The molecule has 1 amide bonds. The summed E-state index contributed by atoms with van der Waals surface area (Å²) >= 11 is 0. The number of nitrogens with one attached hydrogen (secondary N) is 1. The molecule has 0 saturated carbocycles. The summed E-state index contributed by atoms with van der Waals surface area (Å²) in [7, 11) is 0. The van der Waals surface area contributed by atoms with Gasteiger partial charge in [0.2, 0.25) is 0 Å². The molecule has 7 heteroatoms. The van der Waals surface area contributed by atoms with Gasteiger partial charge in [-0.15, -0.1) is 0 Å². The minimum absolute atomic E-state index is 0.287. The lowest BCUT2D eigenvalue weighted by Gasteiger charge is -2.12. The summed E-state index contributed by atoms with van der Waals surface area (Å²) in [5.41, 5.74) is 1.64. The Morgan fingerprint density at radius 3 is 2.67 bits per heavy atom. The number of aromatic nitrogens is 1. The monoisotopic (exact) mass is 406 g/mol. The quantitative estimate of drug-likeness (QED) is 0.483. The number of para-hydroxylation sites is 1. The van der Waals surface area contributed by atoms with Crippen LogP contribution >= 0.6 is 0 Å². The van der Waals surface area contributed by atoms with Crippen molar-refractivity contribution in [3.63, 3.8) is 0 Å². The number of anilines is 1. The van der Waals surface area contributed by atoms with Crippen molar-refractivity contribution < 1.29 is 19.4 Å². The number of benzene rings is 2. The van der Waals surface area contributed by atoms with Crippen LogP contribution in [0.5, 0.6) is 5.75 Å². The zero-order chi connectivity index (χ0) is 21.3. The van der Waals surface area contributed by atoms with Crippen molar-refractivity contribution in [1.29, 1.82) is 0 Å². The molecule has 0 aliphatic carbocycles. The van der Waals surface area contributed by atoms with E-state index in [-0.39, 0.29) is 11.3 Å². The molecule has 0 radical (unpaired) electrons. The number of unbranched alkanes of at least 4 members (excludes halogenated alkanes) is 1. The molecule has 7 nitrogen and oxygen atoms in total. The van der Waals surface area contributed by atoms with Gasteiger partial charge in [-0.1, -0.05) is 25.5 Å². The molecule has 154 valence electrons. The van der Waals surface area contributed by atoms with Crippen LogP contribution in [0.2, 0.25) is 0 Å². The molecule has 0 fully saturated rings. The molecule has 0 spiro atoms. The molecule has 0 bridgehead atoms. The number of aromatic hydroxyl groups is 1. The van der Waals surface area contributed by atoms with E-state index in [0.717, 1.165) is 18.4 Å². The predicted octanol–water partition coefficient (Wildman–Crippen LogP) is 3.47. The molecule has 30 heavy (non-hydrogen) atoms. The van der Waals surface area contributed by atoms with Crippen LogP contribution in [0.1, 0.15) is 46.0 Å². The minimum atomic E-state index is -0.696. The molecule has 4 rings (SSSR count). The fourth-order valence-corrected chi connectivity index (χ4v) is 3.70. The van der Waals surface area contributed by atoms with E-state index in [2.05, 4.69) is 5.32 Å². The Kier molecular flexibility index (Phi) is 5.27. The summed E-state index contributed by atoms with van der Waals surface area (Å²) < 4.78 is 6.69. The molecule has 2 heterocycles. The summed E-state index contributed by atoms with van der Waals surface area (Å²) in [5, 5.41) is 13.8. The first kappa shape index (κ1) is 19.7. The Hall–Kier alpha value is -3.61. The molecule has 0 unspecified atom stereocenters. The van der Waals surface area contributed by atoms with Crippen molar-refractivity contribution in [1.82, 2.24) is 4.57 Å². The molecular weight excluding hydrogens is 384 g/mol. The van der Waals surface area contributed by atoms with Gasteiger partial charge in [0.05, 0.1) is 17.7 Å². The molecule has 2 aromatic carbocycles. The van der Waals surface area contributed by atoms with Gasteiger partial charge in [0.25, 0.3) is 11.5 Å². The topological polar surface area (TPSA) is 97.6 Å². The van der Waals surface area contributed by atoms with Crippen molar-refractivity contribution in [2.45, 2.75) is 32.7 Å². The maximum absolute atomic E-state index is 12.8. The average molecular weight is 406 g/mol. The van der Waals surface area contributed by atoms with Gasteiger partial charge in [0, 0.05) is 17.6 Å². The Morgan fingerprint density at radius 1 is 1.17 bits per heavy atom. The number of ether oxygens (including phenoxy) is 1. The lowest BCUT2D eigenvalue weighted by Crippen LogP contribution is -2.28. The molecule has 2 N–H and O–H groups in total. The highest BCUT2D eigenvalue weighted by Crippen LogP contribution is 2.32. The Balaban J connectivity index is 1.58. The largest absolute Gasteiger partial charge is 0.506 e. The summed E-state index contributed by atoms with van der Waals surface area (Å²) in [4.78, 5) is 37.6. The normalized spacial score (nSPS) is 12.2. The first-order valence-corrected chi connectivity index (χ1v) is 9.97. The number of esters is 1. The molecule has 0 saturated heterocycles. The van der Waals surface area contributed by atoms with Gasteiger partial charge in [-0.25, -0.2) is 4.79 Å². The van der Waals surface area contributed by atoms with Gasteiger partial charge >= 0.3 is 5.97 Å². The predicted molar refractivity (Wildman–Crippen MR) is 113 cm³/mol. The van der Waals surface area contributed by atoms with Crippen molar-refractivity contribution >= 4 is 28.5 Å². The van der Waals surface area contributed by atoms with Crippen LogP contribution < -0.4 is 10.9 Å². The second-order valence-electron chi connectivity index (χ2n) is 7.26. The van der Waals surface area contributed by atoms with Crippen LogP contribution in [0.25, 0.3) is 10.9 Å². The third kappa shape index (κ3) is 3.43. The van der Waals surface area contributed by atoms with Crippen molar-refractivity contribution in [3.8, 4) is 5.75 Å². The minimum Gasteiger partial charge on any atom is -0.506 e. The van der Waals surface area contributed by atoms with E-state index in [9.17, 15) is 19.5 Å². The van der Waals surface area contributed by atoms with Crippen LogP contribution in [0.4, 0.5) is 5.69 Å². The summed E-state index contributed by atoms with van der Waals surface area (Å²) in [6.07, 6.45) is 2.42. The number of carbonyl (C=O) groups is 2. The maximum atomic E-state index is 12.8. The number of rotatable bonds is 6.